The molecule has 1 aromatic rings. The molecule has 0 spiro atoms. The van der Waals surface area contributed by atoms with Gasteiger partial charge in [-0.3, -0.25) is 14.4 Å². The van der Waals surface area contributed by atoms with E-state index in [2.05, 4.69) is 22.3 Å². The van der Waals surface area contributed by atoms with E-state index < -0.39 is 0 Å². The van der Waals surface area contributed by atoms with E-state index in [9.17, 15) is 14.4 Å². The zero-order valence-electron chi connectivity index (χ0n) is 21.4. The van der Waals surface area contributed by atoms with Crippen LogP contribution in [0.5, 0.6) is 0 Å². The molecule has 4 aliphatic carbocycles. The smallest absolute Gasteiger partial charge is 0.242 e. The average Bonchev–Trinajstić information content (AvgIpc) is 3.38. The summed E-state index contributed by atoms with van der Waals surface area (Å²) in [6.45, 7) is 4.10. The molecule has 3 amide bonds. The van der Waals surface area contributed by atoms with Gasteiger partial charge in [-0.25, -0.2) is 0 Å². The summed E-state index contributed by atoms with van der Waals surface area (Å²) >= 11 is 0. The van der Waals surface area contributed by atoms with E-state index in [0.29, 0.717) is 32.6 Å². The van der Waals surface area contributed by atoms with E-state index in [-0.39, 0.29) is 29.2 Å². The fourth-order valence-corrected chi connectivity index (χ4v) is 8.38. The third kappa shape index (κ3) is 4.50. The number of carbonyl (C=O) groups excluding carboxylic acids is 3. The second-order valence-corrected chi connectivity index (χ2v) is 12.1. The van der Waals surface area contributed by atoms with Crippen LogP contribution in [-0.2, 0) is 14.4 Å². The van der Waals surface area contributed by atoms with Crippen molar-refractivity contribution >= 4 is 23.4 Å². The largest absolute Gasteiger partial charge is 0.368 e. The van der Waals surface area contributed by atoms with E-state index in [1.54, 1.807) is 0 Å². The zero-order valence-corrected chi connectivity index (χ0v) is 21.4. The first kappa shape index (κ1) is 23.8. The Hall–Kier alpha value is -2.57. The van der Waals surface area contributed by atoms with Gasteiger partial charge in [0.1, 0.15) is 6.04 Å². The van der Waals surface area contributed by atoms with Crippen LogP contribution in [0.25, 0.3) is 0 Å². The lowest BCUT2D eigenvalue weighted by atomic mass is 9.49. The normalized spacial score (nSPS) is 33.2. The molecular formula is C29H40N4O3. The molecule has 7 heteroatoms. The molecule has 4 bridgehead atoms. The first-order valence-electron chi connectivity index (χ1n) is 14.2. The van der Waals surface area contributed by atoms with E-state index >= 15 is 0 Å². The van der Waals surface area contributed by atoms with E-state index in [0.717, 1.165) is 62.9 Å². The second-order valence-electron chi connectivity index (χ2n) is 12.1. The van der Waals surface area contributed by atoms with Gasteiger partial charge in [0.05, 0.1) is 5.41 Å². The third-order valence-electron chi connectivity index (χ3n) is 9.70. The molecule has 194 valence electrons. The molecule has 7 nitrogen and oxygen atoms in total. The molecule has 6 aliphatic rings. The van der Waals surface area contributed by atoms with Crippen LogP contribution in [0.4, 0.5) is 5.69 Å². The van der Waals surface area contributed by atoms with Crippen molar-refractivity contribution in [3.8, 4) is 0 Å². The van der Waals surface area contributed by atoms with Gasteiger partial charge in [0.15, 0.2) is 0 Å². The Labute approximate surface area is 214 Å². The standard InChI is InChI=1S/C29H40N4O3/c34-26(32-13-11-31(12-14-32)24-5-2-1-3-6-24)8-9-30-27(35)25-7-4-10-33(25)28(36)29-18-21-15-22(19-29)17-23(16-21)20-29/h1-3,5-6,21-23,25H,4,7-20H2,(H,30,35). The lowest BCUT2D eigenvalue weighted by Gasteiger charge is -2.56. The van der Waals surface area contributed by atoms with Gasteiger partial charge in [-0.05, 0) is 81.3 Å². The molecule has 6 fully saturated rings. The number of anilines is 1. The van der Waals surface area contributed by atoms with Crippen LogP contribution in [0.2, 0.25) is 0 Å². The second kappa shape index (κ2) is 9.71. The van der Waals surface area contributed by atoms with Gasteiger partial charge in [-0.1, -0.05) is 18.2 Å². The van der Waals surface area contributed by atoms with Crippen LogP contribution in [0.3, 0.4) is 0 Å². The molecular weight excluding hydrogens is 452 g/mol. The number of piperazine rings is 1. The summed E-state index contributed by atoms with van der Waals surface area (Å²) in [5, 5.41) is 3.00. The number of rotatable bonds is 6. The molecule has 0 aromatic heterocycles. The van der Waals surface area contributed by atoms with Gasteiger partial charge in [-0.2, -0.15) is 0 Å². The summed E-state index contributed by atoms with van der Waals surface area (Å²) in [4.78, 5) is 45.8. The maximum absolute atomic E-state index is 13.8. The van der Waals surface area contributed by atoms with Crippen LogP contribution in [-0.4, -0.2) is 72.8 Å². The van der Waals surface area contributed by atoms with Crippen LogP contribution in [0.1, 0.15) is 57.8 Å². The number of hydrogen-bond donors (Lipinski definition) is 1. The number of nitrogens with one attached hydrogen (secondary N) is 1. The molecule has 0 radical (unpaired) electrons. The summed E-state index contributed by atoms with van der Waals surface area (Å²) < 4.78 is 0. The summed E-state index contributed by atoms with van der Waals surface area (Å²) in [5.74, 6) is 2.43. The molecule has 2 aliphatic heterocycles. The molecule has 36 heavy (non-hydrogen) atoms. The Morgan fingerprint density at radius 2 is 1.50 bits per heavy atom. The van der Waals surface area contributed by atoms with Crippen LogP contribution < -0.4 is 10.2 Å². The fourth-order valence-electron chi connectivity index (χ4n) is 8.38. The van der Waals surface area contributed by atoms with Gasteiger partial charge >= 0.3 is 0 Å². The van der Waals surface area contributed by atoms with Gasteiger partial charge < -0.3 is 20.0 Å². The van der Waals surface area contributed by atoms with Crippen molar-refractivity contribution in [2.24, 2.45) is 23.2 Å². The SMILES string of the molecule is O=C(NCCC(=O)N1CCN(c2ccccc2)CC1)C1CCCN1C(=O)C12CC3CC(CC(C3)C1)C2. The predicted octanol–water partition coefficient (Wildman–Crippen LogP) is 3.05. The van der Waals surface area contributed by atoms with Crippen molar-refractivity contribution in [2.45, 2.75) is 63.8 Å². The highest BCUT2D eigenvalue weighted by atomic mass is 16.2. The van der Waals surface area contributed by atoms with Crippen LogP contribution in [0.15, 0.2) is 30.3 Å². The molecule has 1 aromatic carbocycles. The number of likely N-dealkylation sites (tertiary alicyclic amines) is 1. The Morgan fingerprint density at radius 1 is 0.861 bits per heavy atom. The molecule has 7 rings (SSSR count). The van der Waals surface area contributed by atoms with Crippen molar-refractivity contribution in [1.29, 1.82) is 0 Å². The number of benzene rings is 1. The van der Waals surface area contributed by atoms with Crippen molar-refractivity contribution in [2.75, 3.05) is 44.2 Å². The van der Waals surface area contributed by atoms with Crippen LogP contribution in [0, 0.1) is 23.2 Å². The first-order chi connectivity index (χ1) is 17.5. The van der Waals surface area contributed by atoms with E-state index in [4.69, 9.17) is 0 Å². The zero-order chi connectivity index (χ0) is 24.7. The maximum Gasteiger partial charge on any atom is 0.242 e. The lowest BCUT2D eigenvalue weighted by Crippen LogP contribution is -2.57. The van der Waals surface area contributed by atoms with Crippen LogP contribution >= 0.6 is 0 Å². The van der Waals surface area contributed by atoms with Crippen molar-refractivity contribution in [3.05, 3.63) is 30.3 Å². The molecule has 2 saturated heterocycles. The molecule has 1 N–H and O–H groups in total. The van der Waals surface area contributed by atoms with Crippen molar-refractivity contribution in [1.82, 2.24) is 15.1 Å². The minimum absolute atomic E-state index is 0.0766. The van der Waals surface area contributed by atoms with E-state index in [1.807, 2.05) is 28.0 Å². The lowest BCUT2D eigenvalue weighted by molar-refractivity contribution is -0.160. The summed E-state index contributed by atoms with van der Waals surface area (Å²) in [5.41, 5.74) is 0.997. The quantitative estimate of drug-likeness (QED) is 0.663. The Morgan fingerprint density at radius 3 is 2.14 bits per heavy atom. The number of carbonyl (C=O) groups is 3. The molecule has 1 unspecified atom stereocenters. The summed E-state index contributed by atoms with van der Waals surface area (Å²) in [7, 11) is 0. The maximum atomic E-state index is 13.8. The van der Waals surface area contributed by atoms with Gasteiger partial charge in [0.2, 0.25) is 17.7 Å². The summed E-state index contributed by atoms with van der Waals surface area (Å²) in [6, 6.07) is 9.94. The Kier molecular flexibility index (Phi) is 6.42. The van der Waals surface area contributed by atoms with Gasteiger partial charge in [0, 0.05) is 51.4 Å². The highest BCUT2D eigenvalue weighted by Gasteiger charge is 2.56. The Bertz CT molecular complexity index is 952. The number of para-hydroxylation sites is 1. The average molecular weight is 493 g/mol. The fraction of sp³-hybridized carbons (Fsp3) is 0.690. The minimum atomic E-state index is -0.366. The highest BCUT2D eigenvalue weighted by molar-refractivity contribution is 5.91. The van der Waals surface area contributed by atoms with E-state index in [1.165, 1.54) is 24.9 Å². The summed E-state index contributed by atoms with van der Waals surface area (Å²) in [6.07, 6.45) is 8.98. The molecule has 4 saturated carbocycles. The number of hydrogen-bond acceptors (Lipinski definition) is 4. The molecule has 1 atom stereocenters. The Balaban J connectivity index is 0.981. The highest BCUT2D eigenvalue weighted by Crippen LogP contribution is 2.60. The first-order valence-corrected chi connectivity index (χ1v) is 14.2. The monoisotopic (exact) mass is 492 g/mol. The molecule has 2 heterocycles. The van der Waals surface area contributed by atoms with Gasteiger partial charge in [-0.15, -0.1) is 0 Å². The number of nitrogens with zero attached hydrogens (tertiary/aromatic N) is 3. The predicted molar refractivity (Wildman–Crippen MR) is 138 cm³/mol. The minimum Gasteiger partial charge on any atom is -0.368 e. The van der Waals surface area contributed by atoms with Gasteiger partial charge in [0.25, 0.3) is 0 Å². The van der Waals surface area contributed by atoms with Crippen molar-refractivity contribution < 1.29 is 14.4 Å². The number of amides is 3. The topological polar surface area (TPSA) is 73.0 Å². The van der Waals surface area contributed by atoms with Crippen molar-refractivity contribution in [3.63, 3.8) is 0 Å². The third-order valence-corrected chi connectivity index (χ3v) is 9.70.